The third kappa shape index (κ3) is 5.02. The highest BCUT2D eigenvalue weighted by molar-refractivity contribution is 5.01. The van der Waals surface area contributed by atoms with E-state index in [9.17, 15) is 25.5 Å². The zero-order valence-electron chi connectivity index (χ0n) is 17.0. The summed E-state index contributed by atoms with van der Waals surface area (Å²) in [6.07, 6.45) is -11.6. The van der Waals surface area contributed by atoms with E-state index < -0.39 is 85.6 Å². The first kappa shape index (κ1) is 25.1. The second kappa shape index (κ2) is 10.1. The second-order valence-corrected chi connectivity index (χ2v) is 8.43. The maximum atomic E-state index is 10.9. The number of aliphatic hydroxyl groups excluding tert-OH is 5. The van der Waals surface area contributed by atoms with Crippen LogP contribution in [0, 0.1) is 0 Å². The fourth-order valence-corrected chi connectivity index (χ4v) is 4.17. The molecule has 2 aliphatic heterocycles. The minimum atomic E-state index is -1.37. The van der Waals surface area contributed by atoms with E-state index >= 15 is 0 Å². The molecule has 0 aromatic rings. The molecule has 15 N–H and O–H groups in total. The van der Waals surface area contributed by atoms with E-state index in [1.54, 1.807) is 0 Å². The molecule has 0 unspecified atom stereocenters. The monoisotopic (exact) mass is 453 g/mol. The summed E-state index contributed by atoms with van der Waals surface area (Å²) in [7, 11) is 0. The Bertz CT molecular complexity index is 592. The number of hydrogen-bond acceptors (Lipinski definition) is 14. The molecular formula is C17H35N5O9. The highest BCUT2D eigenvalue weighted by Crippen LogP contribution is 2.30. The number of hydrogen-bond donors (Lipinski definition) is 10. The van der Waals surface area contributed by atoms with Gasteiger partial charge in [-0.25, -0.2) is 0 Å². The van der Waals surface area contributed by atoms with Crippen molar-refractivity contribution in [1.29, 1.82) is 0 Å². The zero-order valence-corrected chi connectivity index (χ0v) is 17.0. The maximum Gasteiger partial charge on any atom is 0.176 e. The summed E-state index contributed by atoms with van der Waals surface area (Å²) in [6.45, 7) is -0.297. The van der Waals surface area contributed by atoms with E-state index in [0.717, 1.165) is 0 Å². The standard InChI is InChI=1S/C17H35N5O9/c18-2-7-11(25)12(26)9(22)17(29-7)31-15-5(20)1-4(19)14(13(15)27)30-16-8(21)10(24)6(23)3-28-16/h4-17,23-27H,1-3,18-22H2/t4-,5+,6-,7-,8-,9-,10+,11-,12-,13-,14+,15-,16-,17-/m1/s1. The molecule has 31 heavy (non-hydrogen) atoms. The van der Waals surface area contributed by atoms with E-state index in [1.165, 1.54) is 0 Å². The van der Waals surface area contributed by atoms with Gasteiger partial charge in [0.2, 0.25) is 0 Å². The van der Waals surface area contributed by atoms with Gasteiger partial charge < -0.3 is 73.1 Å². The minimum Gasteiger partial charge on any atom is -0.389 e. The van der Waals surface area contributed by atoms with Crippen molar-refractivity contribution in [3.63, 3.8) is 0 Å². The van der Waals surface area contributed by atoms with Gasteiger partial charge in [-0.05, 0) is 6.42 Å². The Labute approximate surface area is 179 Å². The van der Waals surface area contributed by atoms with Crippen molar-refractivity contribution in [2.24, 2.45) is 28.7 Å². The molecule has 14 nitrogen and oxygen atoms in total. The first-order valence-corrected chi connectivity index (χ1v) is 10.3. The van der Waals surface area contributed by atoms with Gasteiger partial charge in [0.05, 0.1) is 18.7 Å². The van der Waals surface area contributed by atoms with Crippen LogP contribution in [0.5, 0.6) is 0 Å². The Morgan fingerprint density at radius 3 is 1.87 bits per heavy atom. The molecule has 0 radical (unpaired) electrons. The third-order valence-electron chi connectivity index (χ3n) is 6.16. The van der Waals surface area contributed by atoms with Gasteiger partial charge in [-0.15, -0.1) is 0 Å². The topological polar surface area (TPSA) is 268 Å². The molecule has 0 amide bonds. The lowest BCUT2D eigenvalue weighted by atomic mass is 9.84. The Morgan fingerprint density at radius 2 is 1.29 bits per heavy atom. The van der Waals surface area contributed by atoms with Crippen molar-refractivity contribution in [3.8, 4) is 0 Å². The summed E-state index contributed by atoms with van der Waals surface area (Å²) >= 11 is 0. The van der Waals surface area contributed by atoms with E-state index in [0.29, 0.717) is 0 Å². The molecule has 2 heterocycles. The van der Waals surface area contributed by atoms with Crippen LogP contribution in [-0.2, 0) is 18.9 Å². The summed E-state index contributed by atoms with van der Waals surface area (Å²) < 4.78 is 22.5. The Kier molecular flexibility index (Phi) is 8.21. The second-order valence-electron chi connectivity index (χ2n) is 8.43. The van der Waals surface area contributed by atoms with Crippen LogP contribution < -0.4 is 28.7 Å². The van der Waals surface area contributed by atoms with Crippen LogP contribution in [-0.4, -0.2) is 124 Å². The van der Waals surface area contributed by atoms with Crippen LogP contribution >= 0.6 is 0 Å². The van der Waals surface area contributed by atoms with Crippen molar-refractivity contribution in [2.75, 3.05) is 13.2 Å². The summed E-state index contributed by atoms with van der Waals surface area (Å²) in [4.78, 5) is 0. The predicted molar refractivity (Wildman–Crippen MR) is 104 cm³/mol. The van der Waals surface area contributed by atoms with Gasteiger partial charge in [0.25, 0.3) is 0 Å². The quantitative estimate of drug-likeness (QED) is 0.185. The van der Waals surface area contributed by atoms with Crippen LogP contribution in [0.15, 0.2) is 0 Å². The average Bonchev–Trinajstić information content (AvgIpc) is 2.73. The molecular weight excluding hydrogens is 418 g/mol. The molecule has 182 valence electrons. The summed E-state index contributed by atoms with van der Waals surface area (Å²) in [5, 5.41) is 50.7. The molecule has 14 atom stereocenters. The molecule has 0 spiro atoms. The van der Waals surface area contributed by atoms with Crippen molar-refractivity contribution < 1.29 is 44.5 Å². The van der Waals surface area contributed by atoms with Gasteiger partial charge in [-0.1, -0.05) is 0 Å². The minimum absolute atomic E-state index is 0.0915. The molecule has 3 fully saturated rings. The average molecular weight is 453 g/mol. The Balaban J connectivity index is 1.70. The fourth-order valence-electron chi connectivity index (χ4n) is 4.17. The van der Waals surface area contributed by atoms with Crippen molar-refractivity contribution in [3.05, 3.63) is 0 Å². The lowest BCUT2D eigenvalue weighted by Crippen LogP contribution is -2.68. The number of ether oxygens (including phenoxy) is 4. The molecule has 0 aromatic carbocycles. The number of nitrogens with two attached hydrogens (primary N) is 5. The fraction of sp³-hybridized carbons (Fsp3) is 1.00. The van der Waals surface area contributed by atoms with Gasteiger partial charge in [0.1, 0.15) is 48.8 Å². The van der Waals surface area contributed by atoms with E-state index in [-0.39, 0.29) is 19.6 Å². The number of aliphatic hydroxyl groups is 5. The molecule has 0 bridgehead atoms. The summed E-state index contributed by atoms with van der Waals surface area (Å²) in [6, 6.07) is -3.64. The zero-order chi connectivity index (χ0) is 23.0. The van der Waals surface area contributed by atoms with Gasteiger partial charge in [-0.2, -0.15) is 0 Å². The van der Waals surface area contributed by atoms with E-state index in [2.05, 4.69) is 0 Å². The first-order valence-electron chi connectivity index (χ1n) is 10.3. The largest absolute Gasteiger partial charge is 0.389 e. The third-order valence-corrected chi connectivity index (χ3v) is 6.16. The van der Waals surface area contributed by atoms with Crippen molar-refractivity contribution >= 4 is 0 Å². The molecule has 2 saturated heterocycles. The van der Waals surface area contributed by atoms with Crippen LogP contribution in [0.2, 0.25) is 0 Å². The van der Waals surface area contributed by atoms with E-state index in [4.69, 9.17) is 47.6 Å². The van der Waals surface area contributed by atoms with Crippen LogP contribution in [0.25, 0.3) is 0 Å². The molecule has 3 rings (SSSR count). The van der Waals surface area contributed by atoms with Gasteiger partial charge in [0.15, 0.2) is 12.6 Å². The van der Waals surface area contributed by atoms with Gasteiger partial charge in [0, 0.05) is 18.6 Å². The highest BCUT2D eigenvalue weighted by Gasteiger charge is 2.50. The normalized spacial score (nSPS) is 54.0. The van der Waals surface area contributed by atoms with Gasteiger partial charge >= 0.3 is 0 Å². The molecule has 1 saturated carbocycles. The molecule has 1 aliphatic carbocycles. The van der Waals surface area contributed by atoms with Crippen molar-refractivity contribution in [1.82, 2.24) is 0 Å². The maximum absolute atomic E-state index is 10.9. The lowest BCUT2D eigenvalue weighted by Gasteiger charge is -2.47. The van der Waals surface area contributed by atoms with Crippen LogP contribution in [0.1, 0.15) is 6.42 Å². The van der Waals surface area contributed by atoms with Crippen LogP contribution in [0.4, 0.5) is 0 Å². The smallest absolute Gasteiger partial charge is 0.176 e. The Morgan fingerprint density at radius 1 is 0.742 bits per heavy atom. The molecule has 0 aromatic heterocycles. The summed E-state index contributed by atoms with van der Waals surface area (Å²) in [5.74, 6) is 0. The Hall–Kier alpha value is -0.560. The van der Waals surface area contributed by atoms with E-state index in [1.807, 2.05) is 0 Å². The molecule has 14 heteroatoms. The van der Waals surface area contributed by atoms with Crippen molar-refractivity contribution in [2.45, 2.75) is 92.0 Å². The first-order chi connectivity index (χ1) is 14.6. The lowest BCUT2D eigenvalue weighted by molar-refractivity contribution is -0.302. The summed E-state index contributed by atoms with van der Waals surface area (Å²) in [5.41, 5.74) is 29.6. The molecule has 3 aliphatic rings. The number of rotatable bonds is 5. The van der Waals surface area contributed by atoms with Crippen LogP contribution in [0.3, 0.4) is 0 Å². The van der Waals surface area contributed by atoms with Gasteiger partial charge in [-0.3, -0.25) is 0 Å². The SMILES string of the molecule is NC[C@H]1O[C@H](O[C@H]2[C@H](O)[C@@H](O[C@H]3OC[C@@H](O)[C@H](O)[C@H]3N)[C@H](N)C[C@@H]2N)[C@H](N)[C@@H](O)[C@@H]1O. The predicted octanol–water partition coefficient (Wildman–Crippen LogP) is -6.69. The highest BCUT2D eigenvalue weighted by atomic mass is 16.7.